The Kier molecular flexibility index (Phi) is 3.90. The summed E-state index contributed by atoms with van der Waals surface area (Å²) in [7, 11) is -4.02. The van der Waals surface area contributed by atoms with Gasteiger partial charge in [0, 0.05) is 12.5 Å². The predicted octanol–water partition coefficient (Wildman–Crippen LogP) is 1.93. The molecule has 0 N–H and O–H groups in total. The van der Waals surface area contributed by atoms with Crippen LogP contribution in [0.15, 0.2) is 23.4 Å². The number of imidazole rings is 1. The number of hydrogen-bond donors (Lipinski definition) is 0. The van der Waals surface area contributed by atoms with Crippen LogP contribution in [0.1, 0.15) is 23.0 Å². The van der Waals surface area contributed by atoms with E-state index in [1.807, 2.05) is 0 Å². The Bertz CT molecular complexity index is 840. The highest BCUT2D eigenvalue weighted by Crippen LogP contribution is 2.33. The lowest BCUT2D eigenvalue weighted by Gasteiger charge is -2.08. The molecule has 0 aromatic carbocycles. The molecule has 6 nitrogen and oxygen atoms in total. The van der Waals surface area contributed by atoms with Crippen LogP contribution in [0.4, 0.5) is 13.2 Å². The van der Waals surface area contributed by atoms with Gasteiger partial charge in [-0.15, -0.1) is 0 Å². The van der Waals surface area contributed by atoms with E-state index in [1.165, 1.54) is 6.92 Å². The number of aromatic nitrogens is 2. The zero-order valence-corrected chi connectivity index (χ0v) is 12.3. The fraction of sp³-hybridized carbons (Fsp3) is 0.333. The minimum Gasteiger partial charge on any atom is -0.461 e. The summed E-state index contributed by atoms with van der Waals surface area (Å²) < 4.78 is 67.9. The highest BCUT2D eigenvalue weighted by Gasteiger charge is 2.36. The molecule has 0 bridgehead atoms. The van der Waals surface area contributed by atoms with Crippen molar-refractivity contribution in [3.05, 3.63) is 29.6 Å². The molecule has 10 heteroatoms. The lowest BCUT2D eigenvalue weighted by atomic mass is 10.2. The quantitative estimate of drug-likeness (QED) is 0.801. The van der Waals surface area contributed by atoms with E-state index in [-0.39, 0.29) is 6.61 Å². The van der Waals surface area contributed by atoms with Gasteiger partial charge in [0.1, 0.15) is 0 Å². The summed E-state index contributed by atoms with van der Waals surface area (Å²) in [5.74, 6) is -1.06. The summed E-state index contributed by atoms with van der Waals surface area (Å²) in [4.78, 5) is 15.4. The molecule has 22 heavy (non-hydrogen) atoms. The van der Waals surface area contributed by atoms with Crippen LogP contribution < -0.4 is 0 Å². The zero-order chi connectivity index (χ0) is 16.7. The first-order valence-corrected chi connectivity index (χ1v) is 7.92. The Morgan fingerprint density at radius 2 is 2.05 bits per heavy atom. The molecule has 120 valence electrons. The number of alkyl halides is 3. The maximum Gasteiger partial charge on any atom is 0.419 e. The van der Waals surface area contributed by atoms with Crippen molar-refractivity contribution in [2.45, 2.75) is 18.1 Å². The molecule has 0 amide bonds. The Morgan fingerprint density at radius 3 is 2.55 bits per heavy atom. The van der Waals surface area contributed by atoms with E-state index in [0.29, 0.717) is 0 Å². The first-order chi connectivity index (χ1) is 10.1. The molecule has 0 saturated heterocycles. The number of fused-ring (bicyclic) bond motifs is 1. The third kappa shape index (κ3) is 2.78. The van der Waals surface area contributed by atoms with E-state index in [4.69, 9.17) is 4.74 Å². The van der Waals surface area contributed by atoms with Crippen molar-refractivity contribution in [1.29, 1.82) is 0 Å². The van der Waals surface area contributed by atoms with Crippen molar-refractivity contribution >= 4 is 21.5 Å². The number of rotatable bonds is 3. The Hall–Kier alpha value is -2.10. The topological polar surface area (TPSA) is 77.7 Å². The average molecular weight is 336 g/mol. The molecular formula is C12H11F3N2O4S. The lowest BCUT2D eigenvalue weighted by molar-refractivity contribution is -0.136. The fourth-order valence-electron chi connectivity index (χ4n) is 1.91. The van der Waals surface area contributed by atoms with Crippen molar-refractivity contribution in [2.75, 3.05) is 12.9 Å². The second-order valence-electron chi connectivity index (χ2n) is 4.37. The van der Waals surface area contributed by atoms with Gasteiger partial charge < -0.3 is 4.74 Å². The van der Waals surface area contributed by atoms with Crippen LogP contribution in [0.2, 0.25) is 0 Å². The highest BCUT2D eigenvalue weighted by molar-refractivity contribution is 7.90. The normalized spacial score (nSPS) is 12.6. The standard InChI is InChI=1S/C12H11F3N2O4S/c1-3-21-11(18)8-10(22(2,19)20)16-9-7(12(13,14)15)5-4-6-17(8)9/h4-6H,3H2,1-2H3. The third-order valence-electron chi connectivity index (χ3n) is 2.74. The van der Waals surface area contributed by atoms with Crippen LogP contribution in [-0.4, -0.2) is 36.6 Å². The zero-order valence-electron chi connectivity index (χ0n) is 11.5. The predicted molar refractivity (Wildman–Crippen MR) is 69.3 cm³/mol. The SMILES string of the molecule is CCOC(=O)c1c(S(C)(=O)=O)nc2c(C(F)(F)F)cccn12. The van der Waals surface area contributed by atoms with Crippen LogP contribution in [0, 0.1) is 0 Å². The Balaban J connectivity index is 2.90. The summed E-state index contributed by atoms with van der Waals surface area (Å²) in [5, 5.41) is -0.748. The molecule has 2 aromatic rings. The molecule has 0 radical (unpaired) electrons. The number of carbonyl (C=O) groups is 1. The van der Waals surface area contributed by atoms with Gasteiger partial charge >= 0.3 is 12.1 Å². The molecule has 2 aromatic heterocycles. The maximum absolute atomic E-state index is 13.0. The van der Waals surface area contributed by atoms with Gasteiger partial charge in [0.05, 0.1) is 12.2 Å². The van der Waals surface area contributed by atoms with Crippen LogP contribution in [0.5, 0.6) is 0 Å². The number of esters is 1. The summed E-state index contributed by atoms with van der Waals surface area (Å²) in [6, 6.07) is 1.80. The smallest absolute Gasteiger partial charge is 0.419 e. The van der Waals surface area contributed by atoms with Gasteiger partial charge in [-0.25, -0.2) is 18.2 Å². The van der Waals surface area contributed by atoms with E-state index < -0.39 is 43.9 Å². The Morgan fingerprint density at radius 1 is 1.41 bits per heavy atom. The Labute approximate surface area is 123 Å². The molecule has 0 aliphatic heterocycles. The molecule has 0 spiro atoms. The largest absolute Gasteiger partial charge is 0.461 e. The first kappa shape index (κ1) is 16.3. The minimum absolute atomic E-state index is 0.0613. The third-order valence-corrected chi connectivity index (χ3v) is 3.73. The molecule has 0 saturated carbocycles. The number of hydrogen-bond acceptors (Lipinski definition) is 5. The van der Waals surface area contributed by atoms with Crippen molar-refractivity contribution < 1.29 is 31.1 Å². The van der Waals surface area contributed by atoms with E-state index in [9.17, 15) is 26.4 Å². The summed E-state index contributed by atoms with van der Waals surface area (Å²) >= 11 is 0. The van der Waals surface area contributed by atoms with E-state index in [0.717, 1.165) is 29.0 Å². The van der Waals surface area contributed by atoms with Crippen molar-refractivity contribution in [2.24, 2.45) is 0 Å². The molecule has 0 unspecified atom stereocenters. The van der Waals surface area contributed by atoms with Gasteiger partial charge in [0.25, 0.3) is 0 Å². The minimum atomic E-state index is -4.74. The number of sulfone groups is 1. The van der Waals surface area contributed by atoms with E-state index >= 15 is 0 Å². The second-order valence-corrected chi connectivity index (χ2v) is 6.30. The first-order valence-electron chi connectivity index (χ1n) is 6.02. The van der Waals surface area contributed by atoms with Gasteiger partial charge in [-0.05, 0) is 19.1 Å². The lowest BCUT2D eigenvalue weighted by Crippen LogP contribution is -2.13. The van der Waals surface area contributed by atoms with Crippen molar-refractivity contribution in [3.8, 4) is 0 Å². The summed E-state index contributed by atoms with van der Waals surface area (Å²) in [6.07, 6.45) is -2.86. The molecule has 0 atom stereocenters. The molecule has 0 aliphatic carbocycles. The number of pyridine rings is 1. The number of carbonyl (C=O) groups excluding carboxylic acids is 1. The van der Waals surface area contributed by atoms with Gasteiger partial charge in [-0.3, -0.25) is 4.40 Å². The van der Waals surface area contributed by atoms with Crippen LogP contribution in [0.25, 0.3) is 5.65 Å². The van der Waals surface area contributed by atoms with Gasteiger partial charge in [0.15, 0.2) is 26.2 Å². The fourth-order valence-corrected chi connectivity index (χ4v) is 2.70. The molecular weight excluding hydrogens is 325 g/mol. The van der Waals surface area contributed by atoms with Crippen molar-refractivity contribution in [1.82, 2.24) is 9.38 Å². The second kappa shape index (κ2) is 5.27. The number of ether oxygens (including phenoxy) is 1. The molecule has 0 fully saturated rings. The summed E-state index contributed by atoms with van der Waals surface area (Å²) in [5.41, 5.74) is -2.36. The molecule has 0 aliphatic rings. The highest BCUT2D eigenvalue weighted by atomic mass is 32.2. The van der Waals surface area contributed by atoms with Crippen LogP contribution >= 0.6 is 0 Å². The van der Waals surface area contributed by atoms with Gasteiger partial charge in [-0.2, -0.15) is 13.2 Å². The molecule has 2 rings (SSSR count). The molecule has 2 heterocycles. The number of nitrogens with zero attached hydrogens (tertiary/aromatic N) is 2. The van der Waals surface area contributed by atoms with Crippen LogP contribution in [-0.2, 0) is 20.8 Å². The van der Waals surface area contributed by atoms with E-state index in [1.54, 1.807) is 0 Å². The summed E-state index contributed by atoms with van der Waals surface area (Å²) in [6.45, 7) is 1.43. The van der Waals surface area contributed by atoms with Gasteiger partial charge in [-0.1, -0.05) is 0 Å². The van der Waals surface area contributed by atoms with Crippen LogP contribution in [0.3, 0.4) is 0 Å². The van der Waals surface area contributed by atoms with Crippen molar-refractivity contribution in [3.63, 3.8) is 0 Å². The average Bonchev–Trinajstić information content (AvgIpc) is 2.76. The maximum atomic E-state index is 13.0. The van der Waals surface area contributed by atoms with E-state index in [2.05, 4.69) is 4.98 Å². The number of halogens is 3. The van der Waals surface area contributed by atoms with Gasteiger partial charge in [0.2, 0.25) is 0 Å². The monoisotopic (exact) mass is 336 g/mol.